The molecule has 55 heavy (non-hydrogen) atoms. The van der Waals surface area contributed by atoms with Gasteiger partial charge in [0.05, 0.1) is 29.4 Å². The number of esters is 4. The molecule has 0 bridgehead atoms. The first-order valence-corrected chi connectivity index (χ1v) is 17.4. The summed E-state index contributed by atoms with van der Waals surface area (Å²) in [5, 5.41) is 20.4. The van der Waals surface area contributed by atoms with Gasteiger partial charge in [-0.05, 0) is 81.3 Å². The maximum Gasteiger partial charge on any atom is 0.336 e. The highest BCUT2D eigenvalue weighted by atomic mass is 16.6. The monoisotopic (exact) mass is 750 g/mol. The fourth-order valence-corrected chi connectivity index (χ4v) is 5.35. The molecule has 2 N–H and O–H groups in total. The van der Waals surface area contributed by atoms with Crippen molar-refractivity contribution in [3.05, 3.63) is 109 Å². The minimum absolute atomic E-state index is 0.112. The second kappa shape index (κ2) is 16.8. The second-order valence-corrected chi connectivity index (χ2v) is 12.7. The molecule has 3 fully saturated rings. The Morgan fingerprint density at radius 2 is 0.800 bits per heavy atom. The summed E-state index contributed by atoms with van der Waals surface area (Å²) in [4.78, 5) is 54.2. The van der Waals surface area contributed by atoms with Crippen molar-refractivity contribution >= 4 is 23.9 Å². The van der Waals surface area contributed by atoms with Gasteiger partial charge in [0.1, 0.15) is 29.8 Å². The number of hydrogen-bond donors (Lipinski definition) is 2. The van der Waals surface area contributed by atoms with Crippen LogP contribution in [-0.4, -0.2) is 70.7 Å². The maximum atomic E-state index is 13.6. The third-order valence-electron chi connectivity index (χ3n) is 8.52. The van der Waals surface area contributed by atoms with E-state index in [9.17, 15) is 29.4 Å². The Morgan fingerprint density at radius 1 is 0.509 bits per heavy atom. The van der Waals surface area contributed by atoms with Crippen molar-refractivity contribution < 1.29 is 62.5 Å². The van der Waals surface area contributed by atoms with E-state index in [1.165, 1.54) is 72.8 Å². The van der Waals surface area contributed by atoms with Crippen LogP contribution >= 0.6 is 0 Å². The second-order valence-electron chi connectivity index (χ2n) is 12.7. The summed E-state index contributed by atoms with van der Waals surface area (Å²) < 4.78 is 40.1. The van der Waals surface area contributed by atoms with E-state index in [1.807, 2.05) is 20.8 Å². The van der Waals surface area contributed by atoms with Crippen molar-refractivity contribution in [3.8, 4) is 56.8 Å². The van der Waals surface area contributed by atoms with Crippen LogP contribution < -0.4 is 18.9 Å². The summed E-state index contributed by atoms with van der Waals surface area (Å²) in [5.41, 5.74) is 0.0401. The molecule has 3 heterocycles. The number of ether oxygens (including phenoxy) is 7. The number of benzene rings is 3. The Hall–Kier alpha value is -6.28. The van der Waals surface area contributed by atoms with Crippen LogP contribution in [0.1, 0.15) is 27.7 Å². The summed E-state index contributed by atoms with van der Waals surface area (Å²) in [6.45, 7) is 7.22. The summed E-state index contributed by atoms with van der Waals surface area (Å²) in [6, 6.07) is 11.0. The van der Waals surface area contributed by atoms with Gasteiger partial charge in [-0.2, -0.15) is 0 Å². The van der Waals surface area contributed by atoms with Gasteiger partial charge < -0.3 is 43.4 Å². The molecule has 0 aromatic heterocycles. The molecule has 13 nitrogen and oxygen atoms in total. The fraction of sp³-hybridized carbons (Fsp3) is 0.238. The number of rotatable bonds is 14. The Morgan fingerprint density at radius 3 is 1.07 bits per heavy atom. The van der Waals surface area contributed by atoms with Crippen molar-refractivity contribution in [1.82, 2.24) is 0 Å². The van der Waals surface area contributed by atoms with Gasteiger partial charge in [0.15, 0.2) is 23.0 Å². The lowest BCUT2D eigenvalue weighted by Crippen LogP contribution is -2.16. The molecule has 3 aliphatic rings. The summed E-state index contributed by atoms with van der Waals surface area (Å²) in [7, 11) is 0. The van der Waals surface area contributed by atoms with Gasteiger partial charge in [-0.15, -0.1) is 0 Å². The van der Waals surface area contributed by atoms with Crippen molar-refractivity contribution in [2.45, 2.75) is 64.3 Å². The molecule has 13 heteroatoms. The van der Waals surface area contributed by atoms with Gasteiger partial charge in [0.25, 0.3) is 0 Å². The lowest BCUT2D eigenvalue weighted by Gasteiger charge is -2.24. The smallest absolute Gasteiger partial charge is 0.336 e. The number of phenols is 2. The molecule has 3 aromatic carbocycles. The first-order chi connectivity index (χ1) is 26.4. The van der Waals surface area contributed by atoms with E-state index in [2.05, 4.69) is 0 Å². The normalized spacial score (nSPS) is 22.8. The SMILES string of the molecule is CC=CC=CC(=O)Oc1c(OC(=O)C=CC2OC2C)c(-c2ccc(O)cc2)c(OC(=O)C=CC2OC2C)c(OC(=O)C=CC2OC2C)c1-c1ccc(O)cc1. The average molecular weight is 751 g/mol. The number of aromatic hydroxyl groups is 2. The number of allylic oxidation sites excluding steroid dienone is 3. The minimum atomic E-state index is -0.927. The van der Waals surface area contributed by atoms with Gasteiger partial charge in [0.2, 0.25) is 0 Å². The van der Waals surface area contributed by atoms with Crippen LogP contribution in [0, 0.1) is 0 Å². The van der Waals surface area contributed by atoms with Crippen LogP contribution in [0.25, 0.3) is 22.3 Å². The highest BCUT2D eigenvalue weighted by molar-refractivity contribution is 6.01. The third-order valence-corrected chi connectivity index (χ3v) is 8.52. The van der Waals surface area contributed by atoms with Crippen LogP contribution in [0.15, 0.2) is 109 Å². The van der Waals surface area contributed by atoms with E-state index in [-0.39, 0.29) is 70.4 Å². The Labute approximate surface area is 316 Å². The van der Waals surface area contributed by atoms with E-state index < -0.39 is 46.9 Å². The van der Waals surface area contributed by atoms with Gasteiger partial charge in [-0.25, -0.2) is 19.2 Å². The summed E-state index contributed by atoms with van der Waals surface area (Å²) in [5.74, 6) is -5.62. The van der Waals surface area contributed by atoms with Crippen molar-refractivity contribution in [2.75, 3.05) is 0 Å². The number of carbonyl (C=O) groups excluding carboxylic acids is 4. The van der Waals surface area contributed by atoms with Crippen LogP contribution in [-0.2, 0) is 33.4 Å². The van der Waals surface area contributed by atoms with Gasteiger partial charge in [-0.3, -0.25) is 0 Å². The molecule has 3 saturated heterocycles. The Bertz CT molecular complexity index is 2110. The molecule has 0 saturated carbocycles. The molecule has 0 amide bonds. The molecular formula is C42H38O13. The van der Waals surface area contributed by atoms with Crippen LogP contribution in [0.3, 0.4) is 0 Å². The molecule has 0 aliphatic carbocycles. The first-order valence-electron chi connectivity index (χ1n) is 17.4. The Kier molecular flexibility index (Phi) is 11.7. The molecule has 3 aromatic rings. The number of epoxide rings is 3. The number of hydrogen-bond acceptors (Lipinski definition) is 13. The highest BCUT2D eigenvalue weighted by Gasteiger charge is 2.37. The van der Waals surface area contributed by atoms with E-state index in [4.69, 9.17) is 33.2 Å². The highest BCUT2D eigenvalue weighted by Crippen LogP contribution is 2.57. The van der Waals surface area contributed by atoms with Gasteiger partial charge in [-0.1, -0.05) is 42.5 Å². The molecule has 6 rings (SSSR count). The molecule has 6 atom stereocenters. The molecule has 0 spiro atoms. The molecule has 284 valence electrons. The predicted octanol–water partition coefficient (Wildman–Crippen LogP) is 6.22. The molecular weight excluding hydrogens is 712 g/mol. The standard InChI is InChI=1S/C42H38O13/c1-5-6-7-8-33(45)52-39-37(26-9-13-28(43)14-10-26)41(54-35(47)21-18-31-24(3)50-31)42(55-36(48)22-19-32-25(4)51-32)38(27-11-15-29(44)16-12-27)40(39)53-34(46)20-17-30-23(2)49-30/h5-25,30-32,43-44H,1-4H3. The van der Waals surface area contributed by atoms with Gasteiger partial charge in [0, 0.05) is 24.3 Å². The predicted molar refractivity (Wildman–Crippen MR) is 198 cm³/mol. The molecule has 0 radical (unpaired) electrons. The number of phenolic OH excluding ortho intramolecular Hbond substituents is 2. The third kappa shape index (κ3) is 10.0. The zero-order valence-electron chi connectivity index (χ0n) is 30.2. The van der Waals surface area contributed by atoms with E-state index in [0.717, 1.165) is 24.3 Å². The van der Waals surface area contributed by atoms with Crippen LogP contribution in [0.2, 0.25) is 0 Å². The molecule has 3 aliphatic heterocycles. The van der Waals surface area contributed by atoms with Crippen molar-refractivity contribution in [1.29, 1.82) is 0 Å². The maximum absolute atomic E-state index is 13.6. The summed E-state index contributed by atoms with van der Waals surface area (Å²) in [6.07, 6.45) is 12.4. The van der Waals surface area contributed by atoms with Crippen LogP contribution in [0.4, 0.5) is 0 Å². The largest absolute Gasteiger partial charge is 0.508 e. The van der Waals surface area contributed by atoms with E-state index in [0.29, 0.717) is 0 Å². The first kappa shape index (κ1) is 38.4. The zero-order valence-corrected chi connectivity index (χ0v) is 30.2. The zero-order chi connectivity index (χ0) is 39.2. The van der Waals surface area contributed by atoms with Gasteiger partial charge >= 0.3 is 23.9 Å². The quantitative estimate of drug-likeness (QED) is 0.0624. The Balaban J connectivity index is 1.65. The van der Waals surface area contributed by atoms with Crippen molar-refractivity contribution in [3.63, 3.8) is 0 Å². The van der Waals surface area contributed by atoms with Crippen molar-refractivity contribution in [2.24, 2.45) is 0 Å². The van der Waals surface area contributed by atoms with E-state index >= 15 is 0 Å². The van der Waals surface area contributed by atoms with Crippen LogP contribution in [0.5, 0.6) is 34.5 Å². The van der Waals surface area contributed by atoms with E-state index in [1.54, 1.807) is 19.1 Å². The minimum Gasteiger partial charge on any atom is -0.508 e. The molecule has 6 unspecified atom stereocenters. The number of carbonyl (C=O) groups is 4. The topological polar surface area (TPSA) is 183 Å². The summed E-state index contributed by atoms with van der Waals surface area (Å²) >= 11 is 0. The lowest BCUT2D eigenvalue weighted by atomic mass is 9.94. The lowest BCUT2D eigenvalue weighted by molar-refractivity contribution is -0.132. The fourth-order valence-electron chi connectivity index (χ4n) is 5.35. The average Bonchev–Trinajstić information content (AvgIpc) is 4.11.